The molecular formula is C17H27F6N4O6PS2. The van der Waals surface area contributed by atoms with Crippen LogP contribution >= 0.6 is 7.92 Å². The second-order valence-electron chi connectivity index (χ2n) is 7.54. The maximum Gasteiger partial charge on any atom is 0.485 e. The fraction of sp³-hybridized carbons (Fsp3) is 0.647. The molecule has 210 valence electrons. The minimum absolute atomic E-state index is 0.393. The molecule has 0 aliphatic rings. The van der Waals surface area contributed by atoms with Crippen LogP contribution in [0.15, 0.2) is 0 Å². The van der Waals surface area contributed by atoms with Crippen molar-refractivity contribution < 1.29 is 61.4 Å². The maximum absolute atomic E-state index is 10.7. The Morgan fingerprint density at radius 3 is 1.00 bits per heavy atom. The van der Waals surface area contributed by atoms with E-state index in [1.54, 1.807) is 0 Å². The average molecular weight is 593 g/mol. The van der Waals surface area contributed by atoms with Crippen LogP contribution in [0, 0.1) is 27.7 Å². The van der Waals surface area contributed by atoms with E-state index >= 15 is 0 Å². The normalized spacial score (nSPS) is 12.7. The SMILES string of the molecule is Cc1c(C)[n+](C)c(P(C)c2n(C)c(C)c(C)[n+]2C)n1C.O=S(=O)([O-])C(F)(F)F.O=S(=O)([O-])C(F)(F)F. The average Bonchev–Trinajstić information content (AvgIpc) is 2.98. The number of halogens is 6. The van der Waals surface area contributed by atoms with Gasteiger partial charge in [0.25, 0.3) is 11.1 Å². The molecule has 0 saturated carbocycles. The summed E-state index contributed by atoms with van der Waals surface area (Å²) in [7, 11) is -3.85. The number of rotatable bonds is 2. The van der Waals surface area contributed by atoms with Gasteiger partial charge in [-0.25, -0.2) is 35.1 Å². The second-order valence-corrected chi connectivity index (χ2v) is 12.2. The summed E-state index contributed by atoms with van der Waals surface area (Å²) in [6.45, 7) is 11.2. The number of alkyl halides is 6. The van der Waals surface area contributed by atoms with Gasteiger partial charge in [-0.1, -0.05) is 0 Å². The number of hydrogen-bond donors (Lipinski definition) is 0. The van der Waals surface area contributed by atoms with Gasteiger partial charge in [0.15, 0.2) is 20.2 Å². The highest BCUT2D eigenvalue weighted by Gasteiger charge is 2.38. The lowest BCUT2D eigenvalue weighted by atomic mass is 10.4. The topological polar surface area (TPSA) is 132 Å². The highest BCUT2D eigenvalue weighted by atomic mass is 32.2. The van der Waals surface area contributed by atoms with Crippen LogP contribution < -0.4 is 20.3 Å². The van der Waals surface area contributed by atoms with E-state index in [2.05, 4.69) is 80.8 Å². The Morgan fingerprint density at radius 1 is 0.694 bits per heavy atom. The fourth-order valence-corrected chi connectivity index (χ4v) is 5.59. The van der Waals surface area contributed by atoms with E-state index in [4.69, 9.17) is 25.9 Å². The molecule has 2 aromatic rings. The third-order valence-corrected chi connectivity index (χ3v) is 8.96. The highest BCUT2D eigenvalue weighted by molar-refractivity contribution is 7.86. The first kappa shape index (κ1) is 34.2. The summed E-state index contributed by atoms with van der Waals surface area (Å²) in [5, 5.41) is 0. The van der Waals surface area contributed by atoms with Gasteiger partial charge >= 0.3 is 11.0 Å². The van der Waals surface area contributed by atoms with E-state index in [1.807, 2.05) is 0 Å². The molecule has 0 bridgehead atoms. The van der Waals surface area contributed by atoms with Crippen molar-refractivity contribution in [2.75, 3.05) is 6.66 Å². The largest absolute Gasteiger partial charge is 0.741 e. The van der Waals surface area contributed by atoms with Crippen LogP contribution in [0.25, 0.3) is 0 Å². The third kappa shape index (κ3) is 7.63. The summed E-state index contributed by atoms with van der Waals surface area (Å²) in [5.74, 6) is 0. The van der Waals surface area contributed by atoms with E-state index < -0.39 is 39.2 Å². The number of aromatic nitrogens is 4. The molecule has 0 aliphatic heterocycles. The first-order valence-electron chi connectivity index (χ1n) is 9.51. The van der Waals surface area contributed by atoms with E-state index in [0.29, 0.717) is 0 Å². The van der Waals surface area contributed by atoms with Crippen molar-refractivity contribution >= 4 is 39.3 Å². The molecule has 0 amide bonds. The van der Waals surface area contributed by atoms with Crippen LogP contribution in [-0.2, 0) is 48.4 Å². The van der Waals surface area contributed by atoms with Crippen LogP contribution in [0.4, 0.5) is 26.3 Å². The van der Waals surface area contributed by atoms with Crippen LogP contribution in [-0.4, -0.2) is 52.8 Å². The lowest BCUT2D eigenvalue weighted by molar-refractivity contribution is -0.662. The van der Waals surface area contributed by atoms with Gasteiger partial charge in [-0.05, 0) is 6.66 Å². The molecular weight excluding hydrogens is 565 g/mol. The molecule has 2 rings (SSSR count). The first-order chi connectivity index (χ1) is 15.7. The minimum atomic E-state index is -6.09. The summed E-state index contributed by atoms with van der Waals surface area (Å²) in [4.78, 5) is 0. The lowest BCUT2D eigenvalue weighted by Gasteiger charge is -2.08. The molecule has 0 aliphatic carbocycles. The molecule has 0 atom stereocenters. The Balaban J connectivity index is 0.000000634. The molecule has 0 radical (unpaired) electrons. The van der Waals surface area contributed by atoms with Gasteiger partial charge in [0.05, 0.1) is 28.2 Å². The van der Waals surface area contributed by atoms with Crippen molar-refractivity contribution in [2.24, 2.45) is 28.2 Å². The van der Waals surface area contributed by atoms with Crippen molar-refractivity contribution in [1.29, 1.82) is 0 Å². The van der Waals surface area contributed by atoms with Crippen molar-refractivity contribution in [3.63, 3.8) is 0 Å². The Kier molecular flexibility index (Phi) is 10.8. The van der Waals surface area contributed by atoms with Crippen LogP contribution in [0.2, 0.25) is 0 Å². The zero-order chi connectivity index (χ0) is 29.4. The first-order valence-corrected chi connectivity index (χ1v) is 14.1. The lowest BCUT2D eigenvalue weighted by Crippen LogP contribution is -2.53. The van der Waals surface area contributed by atoms with Gasteiger partial charge < -0.3 is 9.11 Å². The highest BCUT2D eigenvalue weighted by Crippen LogP contribution is 2.27. The fourth-order valence-electron chi connectivity index (χ4n) is 3.01. The van der Waals surface area contributed by atoms with Crippen molar-refractivity contribution in [3.05, 3.63) is 22.8 Å². The quantitative estimate of drug-likeness (QED) is 0.163. The molecule has 0 aromatic carbocycles. The van der Waals surface area contributed by atoms with Gasteiger partial charge in [-0.15, -0.1) is 0 Å². The Morgan fingerprint density at radius 2 is 0.889 bits per heavy atom. The van der Waals surface area contributed by atoms with Crippen LogP contribution in [0.5, 0.6) is 0 Å². The van der Waals surface area contributed by atoms with Crippen molar-refractivity contribution in [2.45, 2.75) is 38.7 Å². The van der Waals surface area contributed by atoms with Crippen molar-refractivity contribution in [1.82, 2.24) is 9.13 Å². The summed E-state index contributed by atoms with van der Waals surface area (Å²) in [5.41, 5.74) is -3.08. The molecule has 0 N–H and O–H groups in total. The Bertz CT molecular complexity index is 1160. The summed E-state index contributed by atoms with van der Waals surface area (Å²) < 4.78 is 127. The van der Waals surface area contributed by atoms with Crippen LogP contribution in [0.1, 0.15) is 22.8 Å². The summed E-state index contributed by atoms with van der Waals surface area (Å²) in [6, 6.07) is 0. The Hall–Kier alpha value is -1.75. The minimum Gasteiger partial charge on any atom is -0.741 e. The monoisotopic (exact) mass is 592 g/mol. The molecule has 19 heteroatoms. The molecule has 0 unspecified atom stereocenters. The maximum atomic E-state index is 10.7. The van der Waals surface area contributed by atoms with E-state index in [1.165, 1.54) is 33.9 Å². The smallest absolute Gasteiger partial charge is 0.485 e. The molecule has 36 heavy (non-hydrogen) atoms. The molecule has 10 nitrogen and oxygen atoms in total. The van der Waals surface area contributed by atoms with E-state index in [-0.39, 0.29) is 0 Å². The molecule has 2 aromatic heterocycles. The van der Waals surface area contributed by atoms with Crippen LogP contribution in [0.3, 0.4) is 0 Å². The predicted molar refractivity (Wildman–Crippen MR) is 116 cm³/mol. The van der Waals surface area contributed by atoms with Gasteiger partial charge in [0, 0.05) is 27.7 Å². The zero-order valence-corrected chi connectivity index (χ0v) is 23.3. The Labute approximate surface area is 206 Å². The molecule has 2 heterocycles. The van der Waals surface area contributed by atoms with Crippen molar-refractivity contribution in [3.8, 4) is 0 Å². The number of hydrogen-bond acceptors (Lipinski definition) is 6. The summed E-state index contributed by atoms with van der Waals surface area (Å²) >= 11 is 0. The van der Waals surface area contributed by atoms with Gasteiger partial charge in [-0.3, -0.25) is 0 Å². The van der Waals surface area contributed by atoms with E-state index in [9.17, 15) is 26.3 Å². The number of imidazole rings is 2. The standard InChI is InChI=1S/C15H27N4P.2CHF3O3S/c1-10-11(2)17(6)14(16(10)5)20(9)15-18(7)12(3)13(4)19(15)8;2*2-1(3,4)8(5,6)7/h1-9H3;2*(H,5,6,7)/q+2;;/p-2. The van der Waals surface area contributed by atoms with E-state index in [0.717, 1.165) is 0 Å². The third-order valence-electron chi connectivity index (χ3n) is 5.43. The molecule has 0 fully saturated rings. The predicted octanol–water partition coefficient (Wildman–Crippen LogP) is 0.412. The zero-order valence-electron chi connectivity index (χ0n) is 20.8. The summed E-state index contributed by atoms with van der Waals surface area (Å²) in [6.07, 6.45) is 0. The van der Waals surface area contributed by atoms with Gasteiger partial charge in [0.2, 0.25) is 0 Å². The second kappa shape index (κ2) is 11.3. The van der Waals surface area contributed by atoms with Gasteiger partial charge in [0.1, 0.15) is 30.7 Å². The number of nitrogens with zero attached hydrogens (tertiary/aromatic N) is 4. The molecule has 0 saturated heterocycles. The van der Waals surface area contributed by atoms with Gasteiger partial charge in [-0.2, -0.15) is 26.3 Å². The molecule has 0 spiro atoms.